The zero-order valence-electron chi connectivity index (χ0n) is 8.02. The van der Waals surface area contributed by atoms with Crippen LogP contribution >= 0.6 is 23.5 Å². The predicted molar refractivity (Wildman–Crippen MR) is 58.7 cm³/mol. The van der Waals surface area contributed by atoms with E-state index in [1.807, 2.05) is 6.07 Å². The van der Waals surface area contributed by atoms with Crippen LogP contribution in [0.25, 0.3) is 0 Å². The molecule has 0 saturated carbocycles. The van der Waals surface area contributed by atoms with Gasteiger partial charge in [0.05, 0.1) is 16.9 Å². The minimum atomic E-state index is -0.603. The van der Waals surface area contributed by atoms with Gasteiger partial charge >= 0.3 is 5.97 Å². The number of hydrogen-bond acceptors (Lipinski definition) is 6. The monoisotopic (exact) mass is 240 g/mol. The summed E-state index contributed by atoms with van der Waals surface area (Å²) in [5.41, 5.74) is 0.0181. The van der Waals surface area contributed by atoms with Crippen molar-refractivity contribution in [3.63, 3.8) is 0 Å². The molecule has 0 spiro atoms. The number of ether oxygens (including phenoxy) is 1. The van der Waals surface area contributed by atoms with Crippen LogP contribution in [-0.2, 0) is 9.53 Å². The van der Waals surface area contributed by atoms with Crippen molar-refractivity contribution in [2.45, 2.75) is 12.2 Å². The molecule has 1 heterocycles. The second-order valence-electron chi connectivity index (χ2n) is 2.54. The van der Waals surface area contributed by atoms with Gasteiger partial charge in [-0.05, 0) is 6.92 Å². The van der Waals surface area contributed by atoms with Crippen molar-refractivity contribution in [3.05, 3.63) is 9.81 Å². The third kappa shape index (κ3) is 2.92. The molecule has 0 amide bonds. The number of hydrogen-bond donors (Lipinski definition) is 0. The zero-order chi connectivity index (χ0) is 11.3. The lowest BCUT2D eigenvalue weighted by Crippen LogP contribution is -2.07. The number of nitriles is 2. The largest absolute Gasteiger partial charge is 0.462 e. The molecule has 1 saturated heterocycles. The van der Waals surface area contributed by atoms with Gasteiger partial charge in [-0.2, -0.15) is 10.5 Å². The van der Waals surface area contributed by atoms with E-state index in [4.69, 9.17) is 15.3 Å². The van der Waals surface area contributed by atoms with Crippen molar-refractivity contribution in [2.75, 3.05) is 12.4 Å². The first-order chi connectivity index (χ1) is 7.22. The van der Waals surface area contributed by atoms with Gasteiger partial charge in [-0.15, -0.1) is 11.8 Å². The number of carbonyl (C=O) groups excluding carboxylic acids is 1. The van der Waals surface area contributed by atoms with E-state index in [2.05, 4.69) is 6.07 Å². The van der Waals surface area contributed by atoms with Crippen LogP contribution in [0.4, 0.5) is 0 Å². The fourth-order valence-electron chi connectivity index (χ4n) is 0.921. The maximum atomic E-state index is 11.3. The Kier molecular flexibility index (Phi) is 4.54. The van der Waals surface area contributed by atoms with Gasteiger partial charge in [-0.1, -0.05) is 11.8 Å². The molecule has 1 fully saturated rings. The summed E-state index contributed by atoms with van der Waals surface area (Å²) in [5, 5.41) is 17.3. The Hall–Kier alpha value is -1.11. The SMILES string of the molecule is CCOC(=O)C(C#N)=C1SCC(C#N)S1. The van der Waals surface area contributed by atoms with E-state index in [0.717, 1.165) is 0 Å². The van der Waals surface area contributed by atoms with E-state index in [1.54, 1.807) is 6.92 Å². The van der Waals surface area contributed by atoms with Crippen LogP contribution in [0.15, 0.2) is 9.81 Å². The molecule has 1 aliphatic heterocycles. The van der Waals surface area contributed by atoms with Crippen molar-refractivity contribution in [2.24, 2.45) is 0 Å². The van der Waals surface area contributed by atoms with Gasteiger partial charge in [0.1, 0.15) is 11.3 Å². The highest BCUT2D eigenvalue weighted by Gasteiger charge is 2.27. The second-order valence-corrected chi connectivity index (χ2v) is 5.04. The molecule has 0 aromatic carbocycles. The number of thioether (sulfide) groups is 2. The summed E-state index contributed by atoms with van der Waals surface area (Å²) in [6.07, 6.45) is 0. The van der Waals surface area contributed by atoms with Gasteiger partial charge in [0.25, 0.3) is 0 Å². The Labute approximate surface area is 96.3 Å². The highest BCUT2D eigenvalue weighted by Crippen LogP contribution is 2.43. The molecule has 1 rings (SSSR count). The fraction of sp³-hybridized carbons (Fsp3) is 0.444. The van der Waals surface area contributed by atoms with Gasteiger partial charge in [-0.25, -0.2) is 4.79 Å². The maximum absolute atomic E-state index is 11.3. The summed E-state index contributed by atoms with van der Waals surface area (Å²) in [6.45, 7) is 1.93. The average Bonchev–Trinajstić information content (AvgIpc) is 2.68. The van der Waals surface area contributed by atoms with E-state index in [9.17, 15) is 4.79 Å². The molecule has 0 aromatic heterocycles. The number of esters is 1. The summed E-state index contributed by atoms with van der Waals surface area (Å²) >= 11 is 2.61. The topological polar surface area (TPSA) is 73.9 Å². The molecule has 1 aliphatic rings. The van der Waals surface area contributed by atoms with Crippen LogP contribution < -0.4 is 0 Å². The Bertz CT molecular complexity index is 379. The average molecular weight is 240 g/mol. The van der Waals surface area contributed by atoms with E-state index >= 15 is 0 Å². The van der Waals surface area contributed by atoms with Crippen LogP contribution in [0, 0.1) is 22.7 Å². The normalized spacial score (nSPS) is 22.7. The van der Waals surface area contributed by atoms with E-state index < -0.39 is 5.97 Å². The number of carbonyl (C=O) groups is 1. The molecule has 0 aliphatic carbocycles. The molecule has 0 bridgehead atoms. The van der Waals surface area contributed by atoms with Crippen LogP contribution in [0.5, 0.6) is 0 Å². The molecular weight excluding hydrogens is 232 g/mol. The molecule has 0 radical (unpaired) electrons. The molecule has 0 aromatic rings. The molecule has 6 heteroatoms. The fourth-order valence-corrected chi connectivity index (χ4v) is 3.43. The Balaban J connectivity index is 2.83. The van der Waals surface area contributed by atoms with E-state index in [-0.39, 0.29) is 17.4 Å². The van der Waals surface area contributed by atoms with Gasteiger partial charge in [0.15, 0.2) is 5.57 Å². The summed E-state index contributed by atoms with van der Waals surface area (Å²) in [4.78, 5) is 11.3. The van der Waals surface area contributed by atoms with Crippen molar-refractivity contribution in [1.82, 2.24) is 0 Å². The van der Waals surface area contributed by atoms with Gasteiger partial charge in [-0.3, -0.25) is 0 Å². The van der Waals surface area contributed by atoms with Crippen LogP contribution in [-0.4, -0.2) is 23.6 Å². The van der Waals surface area contributed by atoms with Gasteiger partial charge in [0, 0.05) is 5.75 Å². The Morgan fingerprint density at radius 1 is 1.67 bits per heavy atom. The molecular formula is C9H8N2O2S2. The lowest BCUT2D eigenvalue weighted by molar-refractivity contribution is -0.138. The first-order valence-electron chi connectivity index (χ1n) is 4.23. The van der Waals surface area contributed by atoms with Crippen LogP contribution in [0.3, 0.4) is 0 Å². The van der Waals surface area contributed by atoms with Crippen molar-refractivity contribution in [1.29, 1.82) is 10.5 Å². The molecule has 1 atom stereocenters. The lowest BCUT2D eigenvalue weighted by atomic mass is 10.3. The first kappa shape index (κ1) is 12.0. The third-order valence-electron chi connectivity index (χ3n) is 1.55. The maximum Gasteiger partial charge on any atom is 0.350 e. The quantitative estimate of drug-likeness (QED) is 0.415. The summed E-state index contributed by atoms with van der Waals surface area (Å²) in [7, 11) is 0. The molecule has 4 nitrogen and oxygen atoms in total. The van der Waals surface area contributed by atoms with Gasteiger partial charge in [0.2, 0.25) is 0 Å². The van der Waals surface area contributed by atoms with Gasteiger partial charge < -0.3 is 4.74 Å². The van der Waals surface area contributed by atoms with Crippen molar-refractivity contribution < 1.29 is 9.53 Å². The predicted octanol–water partition coefficient (Wildman–Crippen LogP) is 1.66. The lowest BCUT2D eigenvalue weighted by Gasteiger charge is -2.01. The standard InChI is InChI=1S/C9H8N2O2S2/c1-2-13-8(12)7(4-11)9-14-5-6(3-10)15-9/h6H,2,5H2,1H3. The summed E-state index contributed by atoms with van der Waals surface area (Å²) in [6, 6.07) is 3.92. The highest BCUT2D eigenvalue weighted by atomic mass is 32.2. The smallest absolute Gasteiger partial charge is 0.350 e. The summed E-state index contributed by atoms with van der Waals surface area (Å²) in [5.74, 6) is 0.00903. The Morgan fingerprint density at radius 2 is 2.40 bits per heavy atom. The van der Waals surface area contributed by atoms with Crippen molar-refractivity contribution >= 4 is 29.5 Å². The number of rotatable bonds is 2. The minimum Gasteiger partial charge on any atom is -0.462 e. The number of nitrogens with zero attached hydrogens (tertiary/aromatic N) is 2. The van der Waals surface area contributed by atoms with E-state index in [0.29, 0.717) is 9.99 Å². The Morgan fingerprint density at radius 3 is 2.87 bits per heavy atom. The molecule has 78 valence electrons. The molecule has 15 heavy (non-hydrogen) atoms. The van der Waals surface area contributed by atoms with Crippen LogP contribution in [0.2, 0.25) is 0 Å². The highest BCUT2D eigenvalue weighted by molar-refractivity contribution is 8.25. The molecule has 0 N–H and O–H groups in total. The van der Waals surface area contributed by atoms with Crippen LogP contribution in [0.1, 0.15) is 6.92 Å². The summed E-state index contributed by atoms with van der Waals surface area (Å²) < 4.78 is 5.35. The second kappa shape index (κ2) is 5.69. The van der Waals surface area contributed by atoms with E-state index in [1.165, 1.54) is 23.5 Å². The minimum absolute atomic E-state index is 0.0181. The first-order valence-corrected chi connectivity index (χ1v) is 6.10. The van der Waals surface area contributed by atoms with Crippen molar-refractivity contribution in [3.8, 4) is 12.1 Å². The molecule has 1 unspecified atom stereocenters. The zero-order valence-corrected chi connectivity index (χ0v) is 9.65. The third-order valence-corrected chi connectivity index (χ3v) is 4.35.